The minimum absolute atomic E-state index is 0.756. The Morgan fingerprint density at radius 2 is 1.80 bits per heavy atom. The molecule has 0 bridgehead atoms. The highest BCUT2D eigenvalue weighted by Crippen LogP contribution is 2.26. The SMILES string of the molecule is C=Cc1ccccc1-c1cccc(Cl)c1. The summed E-state index contributed by atoms with van der Waals surface area (Å²) < 4.78 is 0. The Morgan fingerprint density at radius 3 is 2.53 bits per heavy atom. The minimum Gasteiger partial charge on any atom is -0.0984 e. The van der Waals surface area contributed by atoms with Gasteiger partial charge in [0.15, 0.2) is 0 Å². The molecule has 74 valence electrons. The monoisotopic (exact) mass is 214 g/mol. The van der Waals surface area contributed by atoms with Gasteiger partial charge in [-0.15, -0.1) is 0 Å². The molecule has 0 aliphatic carbocycles. The van der Waals surface area contributed by atoms with Crippen LogP contribution in [-0.2, 0) is 0 Å². The molecule has 0 unspecified atom stereocenters. The molecule has 0 aliphatic rings. The van der Waals surface area contributed by atoms with Crippen LogP contribution in [0.15, 0.2) is 55.1 Å². The lowest BCUT2D eigenvalue weighted by Gasteiger charge is -2.05. The van der Waals surface area contributed by atoms with Crippen molar-refractivity contribution in [2.24, 2.45) is 0 Å². The molecule has 0 saturated carbocycles. The molecule has 0 N–H and O–H groups in total. The van der Waals surface area contributed by atoms with Crippen LogP contribution >= 0.6 is 11.6 Å². The van der Waals surface area contributed by atoms with Gasteiger partial charge in [-0.05, 0) is 28.8 Å². The van der Waals surface area contributed by atoms with E-state index in [1.54, 1.807) is 0 Å². The molecular formula is C14H11Cl. The van der Waals surface area contributed by atoms with Crippen molar-refractivity contribution in [3.63, 3.8) is 0 Å². The van der Waals surface area contributed by atoms with E-state index in [2.05, 4.69) is 12.6 Å². The molecule has 0 aromatic heterocycles. The summed E-state index contributed by atoms with van der Waals surface area (Å²) in [7, 11) is 0. The zero-order valence-corrected chi connectivity index (χ0v) is 9.04. The minimum atomic E-state index is 0.756. The fourth-order valence-electron chi connectivity index (χ4n) is 1.59. The van der Waals surface area contributed by atoms with E-state index >= 15 is 0 Å². The van der Waals surface area contributed by atoms with E-state index in [-0.39, 0.29) is 0 Å². The molecule has 0 aliphatic heterocycles. The summed E-state index contributed by atoms with van der Waals surface area (Å²) in [4.78, 5) is 0. The lowest BCUT2D eigenvalue weighted by molar-refractivity contribution is 1.59. The summed E-state index contributed by atoms with van der Waals surface area (Å²) in [6, 6.07) is 16.0. The van der Waals surface area contributed by atoms with E-state index < -0.39 is 0 Å². The summed E-state index contributed by atoms with van der Waals surface area (Å²) >= 11 is 5.96. The number of rotatable bonds is 2. The zero-order chi connectivity index (χ0) is 10.7. The largest absolute Gasteiger partial charge is 0.0984 e. The number of benzene rings is 2. The van der Waals surface area contributed by atoms with Gasteiger partial charge >= 0.3 is 0 Å². The van der Waals surface area contributed by atoms with Crippen LogP contribution in [0.1, 0.15) is 5.56 Å². The van der Waals surface area contributed by atoms with Gasteiger partial charge in [0.25, 0.3) is 0 Å². The fourth-order valence-corrected chi connectivity index (χ4v) is 1.78. The summed E-state index contributed by atoms with van der Waals surface area (Å²) in [6.07, 6.45) is 1.86. The third-order valence-corrected chi connectivity index (χ3v) is 2.55. The van der Waals surface area contributed by atoms with E-state index in [0.717, 1.165) is 21.7 Å². The second-order valence-corrected chi connectivity index (χ2v) is 3.74. The molecule has 0 atom stereocenters. The second-order valence-electron chi connectivity index (χ2n) is 3.30. The molecule has 1 heteroatoms. The summed E-state index contributed by atoms with van der Waals surface area (Å²) in [5, 5.41) is 0.756. The van der Waals surface area contributed by atoms with E-state index in [4.69, 9.17) is 11.6 Å². The van der Waals surface area contributed by atoms with Gasteiger partial charge in [0.2, 0.25) is 0 Å². The van der Waals surface area contributed by atoms with Gasteiger partial charge in [-0.25, -0.2) is 0 Å². The molecule has 0 nitrogen and oxygen atoms in total. The van der Waals surface area contributed by atoms with Gasteiger partial charge < -0.3 is 0 Å². The van der Waals surface area contributed by atoms with Gasteiger partial charge in [-0.1, -0.05) is 60.7 Å². The molecule has 0 heterocycles. The maximum atomic E-state index is 5.96. The maximum Gasteiger partial charge on any atom is 0.0412 e. The van der Waals surface area contributed by atoms with Crippen LogP contribution < -0.4 is 0 Å². The first-order valence-electron chi connectivity index (χ1n) is 4.78. The van der Waals surface area contributed by atoms with Gasteiger partial charge in [0.05, 0.1) is 0 Å². The van der Waals surface area contributed by atoms with Gasteiger partial charge in [-0.3, -0.25) is 0 Å². The Bertz CT molecular complexity index is 486. The van der Waals surface area contributed by atoms with E-state index in [1.165, 1.54) is 0 Å². The Hall–Kier alpha value is -1.53. The highest BCUT2D eigenvalue weighted by atomic mass is 35.5. The Kier molecular flexibility index (Phi) is 2.89. The van der Waals surface area contributed by atoms with Crippen LogP contribution in [0.3, 0.4) is 0 Å². The first-order valence-corrected chi connectivity index (χ1v) is 5.16. The fraction of sp³-hybridized carbons (Fsp3) is 0. The molecule has 2 aromatic rings. The van der Waals surface area contributed by atoms with Gasteiger partial charge in [0.1, 0.15) is 0 Å². The lowest BCUT2D eigenvalue weighted by atomic mass is 10.00. The average Bonchev–Trinajstić information content (AvgIpc) is 2.29. The molecule has 15 heavy (non-hydrogen) atoms. The molecular weight excluding hydrogens is 204 g/mol. The van der Waals surface area contributed by atoms with Crippen LogP contribution in [0, 0.1) is 0 Å². The summed E-state index contributed by atoms with van der Waals surface area (Å²) in [6.45, 7) is 3.81. The summed E-state index contributed by atoms with van der Waals surface area (Å²) in [5.41, 5.74) is 3.41. The van der Waals surface area contributed by atoms with Crippen molar-refractivity contribution in [2.45, 2.75) is 0 Å². The van der Waals surface area contributed by atoms with Crippen molar-refractivity contribution in [3.05, 3.63) is 65.7 Å². The average molecular weight is 215 g/mol. The first kappa shape index (κ1) is 10.0. The van der Waals surface area contributed by atoms with Crippen molar-refractivity contribution >= 4 is 17.7 Å². The Balaban J connectivity index is 2.58. The number of hydrogen-bond acceptors (Lipinski definition) is 0. The van der Waals surface area contributed by atoms with E-state index in [0.29, 0.717) is 0 Å². The van der Waals surface area contributed by atoms with E-state index in [9.17, 15) is 0 Å². The highest BCUT2D eigenvalue weighted by Gasteiger charge is 2.01. The van der Waals surface area contributed by atoms with Crippen LogP contribution in [0.4, 0.5) is 0 Å². The van der Waals surface area contributed by atoms with E-state index in [1.807, 2.05) is 48.5 Å². The van der Waals surface area contributed by atoms with Gasteiger partial charge in [-0.2, -0.15) is 0 Å². The zero-order valence-electron chi connectivity index (χ0n) is 8.28. The van der Waals surface area contributed by atoms with Crippen molar-refractivity contribution in [2.75, 3.05) is 0 Å². The molecule has 0 saturated heterocycles. The summed E-state index contributed by atoms with van der Waals surface area (Å²) in [5.74, 6) is 0. The normalized spacial score (nSPS) is 9.93. The predicted octanol–water partition coefficient (Wildman–Crippen LogP) is 4.65. The van der Waals surface area contributed by atoms with Crippen LogP contribution in [0.2, 0.25) is 5.02 Å². The van der Waals surface area contributed by atoms with Crippen LogP contribution in [0.5, 0.6) is 0 Å². The topological polar surface area (TPSA) is 0 Å². The predicted molar refractivity (Wildman–Crippen MR) is 67.0 cm³/mol. The smallest absolute Gasteiger partial charge is 0.0412 e. The first-order chi connectivity index (χ1) is 7.31. The highest BCUT2D eigenvalue weighted by molar-refractivity contribution is 6.30. The molecule has 0 radical (unpaired) electrons. The molecule has 0 amide bonds. The third-order valence-electron chi connectivity index (χ3n) is 2.32. The van der Waals surface area contributed by atoms with Crippen LogP contribution in [-0.4, -0.2) is 0 Å². The molecule has 2 rings (SSSR count). The Labute approximate surface area is 94.8 Å². The Morgan fingerprint density at radius 1 is 1.00 bits per heavy atom. The van der Waals surface area contributed by atoms with Crippen molar-refractivity contribution in [3.8, 4) is 11.1 Å². The second kappa shape index (κ2) is 4.33. The maximum absolute atomic E-state index is 5.96. The van der Waals surface area contributed by atoms with Gasteiger partial charge in [0, 0.05) is 5.02 Å². The van der Waals surface area contributed by atoms with Crippen molar-refractivity contribution in [1.82, 2.24) is 0 Å². The van der Waals surface area contributed by atoms with Crippen molar-refractivity contribution < 1.29 is 0 Å². The van der Waals surface area contributed by atoms with Crippen molar-refractivity contribution in [1.29, 1.82) is 0 Å². The quantitative estimate of drug-likeness (QED) is 0.683. The van der Waals surface area contributed by atoms with Crippen LogP contribution in [0.25, 0.3) is 17.2 Å². The lowest BCUT2D eigenvalue weighted by Crippen LogP contribution is -1.81. The standard InChI is InChI=1S/C14H11Cl/c1-2-11-6-3-4-9-14(11)12-7-5-8-13(15)10-12/h2-10H,1H2. The molecule has 0 spiro atoms. The number of hydrogen-bond donors (Lipinski definition) is 0. The number of halogens is 1. The molecule has 0 fully saturated rings. The molecule has 2 aromatic carbocycles. The third kappa shape index (κ3) is 2.11.